The lowest BCUT2D eigenvalue weighted by atomic mass is 10.2. The van der Waals surface area contributed by atoms with Gasteiger partial charge < -0.3 is 10.4 Å². The van der Waals surface area contributed by atoms with Crippen LogP contribution < -0.4 is 5.32 Å². The van der Waals surface area contributed by atoms with Crippen LogP contribution in [0.15, 0.2) is 63.5 Å². The molecule has 0 radical (unpaired) electrons. The van der Waals surface area contributed by atoms with Gasteiger partial charge in [-0.25, -0.2) is 10.3 Å². The smallest absolute Gasteiger partial charge is 0.335 e. The second-order valence-electron chi connectivity index (χ2n) is 4.90. The first-order valence-corrected chi connectivity index (χ1v) is 8.22. The zero-order valence-corrected chi connectivity index (χ0v) is 14.2. The van der Waals surface area contributed by atoms with Crippen LogP contribution in [0.2, 0.25) is 0 Å². The van der Waals surface area contributed by atoms with Gasteiger partial charge in [0.05, 0.1) is 11.3 Å². The molecule has 3 N–H and O–H groups in total. The molecule has 7 nitrogen and oxygen atoms in total. The van der Waals surface area contributed by atoms with Crippen LogP contribution in [0, 0.1) is 5.53 Å². The number of carboxylic acid groups (broad SMARTS) is 1. The molecule has 0 aromatic heterocycles. The molecule has 0 heterocycles. The Balaban J connectivity index is 1.97. The van der Waals surface area contributed by atoms with Gasteiger partial charge in [-0.15, -0.1) is 16.9 Å². The summed E-state index contributed by atoms with van der Waals surface area (Å²) in [5, 5.41) is 14.9. The number of hydrogen-bond donors (Lipinski definition) is 3. The van der Waals surface area contributed by atoms with Crippen molar-refractivity contribution in [2.24, 2.45) is 10.1 Å². The summed E-state index contributed by atoms with van der Waals surface area (Å²) in [7, 11) is 1.59. The molecule has 0 bridgehead atoms. The van der Waals surface area contributed by atoms with E-state index in [0.29, 0.717) is 22.8 Å². The molecule has 0 saturated heterocycles. The van der Waals surface area contributed by atoms with Crippen LogP contribution in [0.4, 0.5) is 5.69 Å². The molecule has 2 rings (SSSR count). The van der Waals surface area contributed by atoms with Gasteiger partial charge >= 0.3 is 5.97 Å². The van der Waals surface area contributed by atoms with E-state index in [1.807, 2.05) is 12.1 Å². The first-order valence-electron chi connectivity index (χ1n) is 7.24. The summed E-state index contributed by atoms with van der Waals surface area (Å²) in [4.78, 5) is 27.8. The number of anilines is 1. The highest BCUT2D eigenvalue weighted by molar-refractivity contribution is 8.00. The van der Waals surface area contributed by atoms with Crippen molar-refractivity contribution >= 4 is 35.2 Å². The number of nitrogens with one attached hydrogen (secondary N) is 2. The predicted molar refractivity (Wildman–Crippen MR) is 97.0 cm³/mol. The number of aliphatic imine (C=N–C) groups is 1. The molecule has 0 fully saturated rings. The summed E-state index contributed by atoms with van der Waals surface area (Å²) in [6.07, 6.45) is 0. The van der Waals surface area contributed by atoms with Gasteiger partial charge in [0.25, 0.3) is 5.91 Å². The second kappa shape index (κ2) is 8.74. The number of amidine groups is 1. The molecule has 0 atom stereocenters. The molecule has 0 unspecified atom stereocenters. The average Bonchev–Trinajstić information content (AvgIpc) is 2.63. The van der Waals surface area contributed by atoms with Gasteiger partial charge in [0.2, 0.25) is 0 Å². The molecule has 0 aliphatic carbocycles. The van der Waals surface area contributed by atoms with Crippen LogP contribution in [0.3, 0.4) is 0 Å². The monoisotopic (exact) mass is 356 g/mol. The van der Waals surface area contributed by atoms with Gasteiger partial charge in [0, 0.05) is 23.2 Å². The number of hydrogen-bond acceptors (Lipinski definition) is 5. The van der Waals surface area contributed by atoms with E-state index in [4.69, 9.17) is 10.6 Å². The third-order valence-electron chi connectivity index (χ3n) is 3.26. The lowest BCUT2D eigenvalue weighted by molar-refractivity contribution is 0.0696. The number of aromatic carboxylic acids is 1. The van der Waals surface area contributed by atoms with Crippen molar-refractivity contribution in [3.8, 4) is 0 Å². The molecule has 25 heavy (non-hydrogen) atoms. The summed E-state index contributed by atoms with van der Waals surface area (Å²) in [5.74, 6) is -0.366. The summed E-state index contributed by atoms with van der Waals surface area (Å²) in [6.45, 7) is 0. The molecule has 8 heteroatoms. The van der Waals surface area contributed by atoms with Gasteiger partial charge in [-0.1, -0.05) is 0 Å². The first kappa shape index (κ1) is 18.3. The quantitative estimate of drug-likeness (QED) is 0.316. The lowest BCUT2D eigenvalue weighted by Gasteiger charge is -2.06. The van der Waals surface area contributed by atoms with Crippen molar-refractivity contribution in [1.29, 1.82) is 5.53 Å². The van der Waals surface area contributed by atoms with Crippen molar-refractivity contribution in [2.75, 3.05) is 18.1 Å². The normalized spacial score (nSPS) is 11.0. The molecule has 2 aromatic carbocycles. The van der Waals surface area contributed by atoms with Crippen LogP contribution in [0.5, 0.6) is 0 Å². The molecule has 0 saturated carbocycles. The molecule has 1 amide bonds. The lowest BCUT2D eigenvalue weighted by Crippen LogP contribution is -2.11. The minimum absolute atomic E-state index is 0.161. The van der Waals surface area contributed by atoms with E-state index in [9.17, 15) is 9.59 Å². The molecule has 0 aliphatic heterocycles. The van der Waals surface area contributed by atoms with E-state index in [-0.39, 0.29) is 11.5 Å². The molecular weight excluding hydrogens is 340 g/mol. The van der Waals surface area contributed by atoms with Crippen LogP contribution in [-0.4, -0.2) is 35.6 Å². The Morgan fingerprint density at radius 1 is 1.08 bits per heavy atom. The maximum atomic E-state index is 12.2. The van der Waals surface area contributed by atoms with E-state index in [2.05, 4.69) is 15.4 Å². The fraction of sp³-hybridized carbons (Fsp3) is 0.118. The number of benzene rings is 2. The van der Waals surface area contributed by atoms with Gasteiger partial charge in [-0.05, 0) is 48.5 Å². The summed E-state index contributed by atoms with van der Waals surface area (Å²) in [5.41, 5.74) is 8.13. The molecule has 0 spiro atoms. The number of rotatable bonds is 6. The van der Waals surface area contributed by atoms with Gasteiger partial charge in [-0.2, -0.15) is 0 Å². The largest absolute Gasteiger partial charge is 0.478 e. The zero-order chi connectivity index (χ0) is 18.2. The fourth-order valence-electron chi connectivity index (χ4n) is 1.90. The van der Waals surface area contributed by atoms with Crippen LogP contribution in [0.25, 0.3) is 0 Å². The maximum Gasteiger partial charge on any atom is 0.335 e. The number of amides is 1. The Labute approximate surface area is 148 Å². The van der Waals surface area contributed by atoms with Crippen molar-refractivity contribution < 1.29 is 14.7 Å². The summed E-state index contributed by atoms with van der Waals surface area (Å²) < 4.78 is 0. The highest BCUT2D eigenvalue weighted by Gasteiger charge is 2.08. The van der Waals surface area contributed by atoms with Crippen LogP contribution >= 0.6 is 11.8 Å². The van der Waals surface area contributed by atoms with Crippen LogP contribution in [-0.2, 0) is 0 Å². The average molecular weight is 356 g/mol. The van der Waals surface area contributed by atoms with Crippen molar-refractivity contribution in [1.82, 2.24) is 0 Å². The standard InChI is InChI=1S/C17H16N4O3S/c1-19-15(21-18)10-25-14-8-4-11(5-9-14)16(22)20-13-6-2-12(3-7-13)17(23)24/h2-9,18H,10H2,1H3,(H,20,22)(H,23,24). The minimum Gasteiger partial charge on any atom is -0.478 e. The Morgan fingerprint density at radius 3 is 2.20 bits per heavy atom. The Kier molecular flexibility index (Phi) is 6.41. The highest BCUT2D eigenvalue weighted by atomic mass is 32.2. The van der Waals surface area contributed by atoms with Crippen LogP contribution in [0.1, 0.15) is 20.7 Å². The van der Waals surface area contributed by atoms with E-state index >= 15 is 0 Å². The molecule has 2 aromatic rings. The number of carbonyl (C=O) groups is 2. The summed E-state index contributed by atoms with van der Waals surface area (Å²) >= 11 is 1.47. The van der Waals surface area contributed by atoms with E-state index < -0.39 is 5.97 Å². The summed E-state index contributed by atoms with van der Waals surface area (Å²) in [6, 6.07) is 13.0. The Morgan fingerprint density at radius 2 is 1.68 bits per heavy atom. The van der Waals surface area contributed by atoms with E-state index in [1.54, 1.807) is 31.3 Å². The van der Waals surface area contributed by atoms with Crippen molar-refractivity contribution in [3.05, 3.63) is 59.7 Å². The van der Waals surface area contributed by atoms with Crippen molar-refractivity contribution in [3.63, 3.8) is 0 Å². The minimum atomic E-state index is -1.01. The number of thioether (sulfide) groups is 1. The highest BCUT2D eigenvalue weighted by Crippen LogP contribution is 2.19. The fourth-order valence-corrected chi connectivity index (χ4v) is 2.71. The molecule has 0 aliphatic rings. The van der Waals surface area contributed by atoms with Gasteiger partial charge in [-0.3, -0.25) is 9.79 Å². The Bertz CT molecular complexity index is 802. The second-order valence-corrected chi connectivity index (χ2v) is 5.95. The third-order valence-corrected chi connectivity index (χ3v) is 4.27. The number of carboxylic acids is 1. The van der Waals surface area contributed by atoms with E-state index in [0.717, 1.165) is 4.90 Å². The van der Waals surface area contributed by atoms with E-state index in [1.165, 1.54) is 23.9 Å². The molecular formula is C17H16N4O3S. The van der Waals surface area contributed by atoms with Gasteiger partial charge in [0.15, 0.2) is 5.84 Å². The third kappa shape index (κ3) is 5.25. The predicted octanol–water partition coefficient (Wildman–Crippen LogP) is 3.79. The number of carbonyl (C=O) groups excluding carboxylic acids is 1. The first-order chi connectivity index (χ1) is 12.0. The Hall–Kier alpha value is -3.00. The topological polar surface area (TPSA) is 115 Å². The number of nitrogens with zero attached hydrogens (tertiary/aromatic N) is 2. The SMILES string of the molecule is CN=C(CSc1ccc(C(=O)Nc2ccc(C(=O)O)cc2)cc1)N=N. The maximum absolute atomic E-state index is 12.2. The molecule has 128 valence electrons. The van der Waals surface area contributed by atoms with Gasteiger partial charge in [0.1, 0.15) is 0 Å². The van der Waals surface area contributed by atoms with Crippen molar-refractivity contribution in [2.45, 2.75) is 4.90 Å². The zero-order valence-electron chi connectivity index (χ0n) is 13.4.